The highest BCUT2D eigenvalue weighted by Crippen LogP contribution is 2.14. The van der Waals surface area contributed by atoms with E-state index in [0.29, 0.717) is 19.0 Å². The number of hydrogen-bond donors (Lipinski definition) is 1. The molecule has 1 heterocycles. The normalized spacial score (nSPS) is 9.40. The highest BCUT2D eigenvalue weighted by atomic mass is 19.1. The number of aryl methyl sites for hydroxylation is 1. The van der Waals surface area contributed by atoms with Crippen LogP contribution in [0.4, 0.5) is 10.2 Å². The Morgan fingerprint density at radius 3 is 2.50 bits per heavy atom. The highest BCUT2D eigenvalue weighted by Gasteiger charge is 2.00. The van der Waals surface area contributed by atoms with Crippen LogP contribution in [0.25, 0.3) is 0 Å². The Hall–Kier alpha value is -2.17. The maximum absolute atomic E-state index is 13.2. The predicted molar refractivity (Wildman–Crippen MR) is 78.5 cm³/mol. The van der Waals surface area contributed by atoms with Crippen LogP contribution in [-0.2, 0) is 0 Å². The van der Waals surface area contributed by atoms with E-state index in [-0.39, 0.29) is 11.6 Å². The molecule has 0 aliphatic heterocycles. The molecule has 1 N–H and O–H groups in total. The summed E-state index contributed by atoms with van der Waals surface area (Å²) in [7, 11) is 0. The van der Waals surface area contributed by atoms with Crippen LogP contribution in [0.2, 0.25) is 0 Å². The van der Waals surface area contributed by atoms with Gasteiger partial charge >= 0.3 is 0 Å². The molecule has 0 atom stereocenters. The van der Waals surface area contributed by atoms with Crippen molar-refractivity contribution in [1.29, 1.82) is 0 Å². The van der Waals surface area contributed by atoms with E-state index in [0.717, 1.165) is 5.69 Å². The van der Waals surface area contributed by atoms with Gasteiger partial charge in [0.2, 0.25) is 0 Å². The monoisotopic (exact) mass is 277 g/mol. The summed E-state index contributed by atoms with van der Waals surface area (Å²) in [5.74, 6) is 0.583. The van der Waals surface area contributed by atoms with Crippen LogP contribution in [0.5, 0.6) is 5.75 Å². The molecule has 0 aliphatic rings. The van der Waals surface area contributed by atoms with E-state index in [1.54, 1.807) is 18.2 Å². The summed E-state index contributed by atoms with van der Waals surface area (Å²) in [6.45, 7) is 6.76. The van der Waals surface area contributed by atoms with Crippen LogP contribution in [-0.4, -0.2) is 23.3 Å². The van der Waals surface area contributed by atoms with Gasteiger partial charge in [0.1, 0.15) is 12.4 Å². The van der Waals surface area contributed by atoms with E-state index in [1.165, 1.54) is 6.07 Å². The standard InChI is InChI=1S/C13H14FN3O.C2H6/c1-10-6-7-13(17-16-10)15-8-9-18-12-5-3-2-4-11(12)14;1-2/h2-7H,8-9H2,1H3,(H,15,17);1-2H3. The summed E-state index contributed by atoms with van der Waals surface area (Å²) in [5.41, 5.74) is 0.864. The van der Waals surface area contributed by atoms with E-state index in [4.69, 9.17) is 4.74 Å². The number of aromatic nitrogens is 2. The molecule has 0 saturated heterocycles. The molecule has 5 heteroatoms. The average Bonchev–Trinajstić information content (AvgIpc) is 2.49. The molecular formula is C15H20FN3O. The summed E-state index contributed by atoms with van der Waals surface area (Å²) in [4.78, 5) is 0. The molecule has 1 aromatic heterocycles. The molecule has 2 rings (SSSR count). The second-order valence-electron chi connectivity index (χ2n) is 3.77. The number of anilines is 1. The van der Waals surface area contributed by atoms with E-state index >= 15 is 0 Å². The van der Waals surface area contributed by atoms with Gasteiger partial charge in [-0.05, 0) is 31.2 Å². The van der Waals surface area contributed by atoms with Crippen LogP contribution in [0.15, 0.2) is 36.4 Å². The van der Waals surface area contributed by atoms with Gasteiger partial charge in [0.25, 0.3) is 0 Å². The lowest BCUT2D eigenvalue weighted by Crippen LogP contribution is -2.13. The average molecular weight is 277 g/mol. The van der Waals surface area contributed by atoms with Crippen molar-refractivity contribution < 1.29 is 9.13 Å². The molecule has 20 heavy (non-hydrogen) atoms. The van der Waals surface area contributed by atoms with Crippen molar-refractivity contribution in [2.75, 3.05) is 18.5 Å². The van der Waals surface area contributed by atoms with E-state index in [1.807, 2.05) is 32.9 Å². The van der Waals surface area contributed by atoms with E-state index in [9.17, 15) is 4.39 Å². The third-order valence-electron chi connectivity index (χ3n) is 2.30. The molecule has 0 aliphatic carbocycles. The van der Waals surface area contributed by atoms with Crippen molar-refractivity contribution >= 4 is 5.82 Å². The molecule has 108 valence electrons. The molecule has 4 nitrogen and oxygen atoms in total. The van der Waals surface area contributed by atoms with Crippen molar-refractivity contribution in [1.82, 2.24) is 10.2 Å². The smallest absolute Gasteiger partial charge is 0.165 e. The van der Waals surface area contributed by atoms with Crippen molar-refractivity contribution in [3.05, 3.63) is 47.9 Å². The topological polar surface area (TPSA) is 47.0 Å². The van der Waals surface area contributed by atoms with Gasteiger partial charge in [-0.2, -0.15) is 5.10 Å². The minimum absolute atomic E-state index is 0.259. The fraction of sp³-hybridized carbons (Fsp3) is 0.333. The van der Waals surface area contributed by atoms with Crippen LogP contribution in [0.1, 0.15) is 19.5 Å². The summed E-state index contributed by atoms with van der Waals surface area (Å²) >= 11 is 0. The first-order chi connectivity index (χ1) is 9.75. The lowest BCUT2D eigenvalue weighted by molar-refractivity contribution is 0.315. The van der Waals surface area contributed by atoms with Gasteiger partial charge in [0.05, 0.1) is 12.2 Å². The van der Waals surface area contributed by atoms with Crippen LogP contribution < -0.4 is 10.1 Å². The third kappa shape index (κ3) is 5.22. The first-order valence-electron chi connectivity index (χ1n) is 6.67. The van der Waals surface area contributed by atoms with Crippen molar-refractivity contribution in [3.8, 4) is 5.75 Å². The van der Waals surface area contributed by atoms with E-state index in [2.05, 4.69) is 15.5 Å². The number of para-hydroxylation sites is 1. The van der Waals surface area contributed by atoms with Gasteiger partial charge < -0.3 is 10.1 Å². The maximum Gasteiger partial charge on any atom is 0.165 e. The Labute approximate surface area is 119 Å². The van der Waals surface area contributed by atoms with E-state index < -0.39 is 0 Å². The van der Waals surface area contributed by atoms with Crippen molar-refractivity contribution in [2.24, 2.45) is 0 Å². The SMILES string of the molecule is CC.Cc1ccc(NCCOc2ccccc2F)nn1. The Morgan fingerprint density at radius 2 is 1.85 bits per heavy atom. The van der Waals surface area contributed by atoms with Gasteiger partial charge in [-0.1, -0.05) is 26.0 Å². The summed E-state index contributed by atoms with van der Waals surface area (Å²) in [6, 6.07) is 10.0. The second kappa shape index (κ2) is 8.85. The Balaban J connectivity index is 0.000000956. The first kappa shape index (κ1) is 15.9. The third-order valence-corrected chi connectivity index (χ3v) is 2.30. The molecule has 0 unspecified atom stereocenters. The minimum Gasteiger partial charge on any atom is -0.489 e. The fourth-order valence-electron chi connectivity index (χ4n) is 1.40. The molecule has 0 spiro atoms. The number of ether oxygens (including phenoxy) is 1. The summed E-state index contributed by atoms with van der Waals surface area (Å²) < 4.78 is 18.5. The Bertz CT molecular complexity index is 503. The number of hydrogen-bond acceptors (Lipinski definition) is 4. The molecular weight excluding hydrogens is 257 g/mol. The molecule has 0 amide bonds. The highest BCUT2D eigenvalue weighted by molar-refractivity contribution is 5.32. The Kier molecular flexibility index (Phi) is 7.03. The van der Waals surface area contributed by atoms with Crippen LogP contribution in [0.3, 0.4) is 0 Å². The second-order valence-corrected chi connectivity index (χ2v) is 3.77. The zero-order valence-corrected chi connectivity index (χ0v) is 12.1. The largest absolute Gasteiger partial charge is 0.489 e. The van der Waals surface area contributed by atoms with Crippen LogP contribution in [0, 0.1) is 12.7 Å². The van der Waals surface area contributed by atoms with Gasteiger partial charge in [0.15, 0.2) is 11.6 Å². The first-order valence-corrected chi connectivity index (χ1v) is 6.67. The van der Waals surface area contributed by atoms with Gasteiger partial charge in [-0.15, -0.1) is 5.10 Å². The van der Waals surface area contributed by atoms with Gasteiger partial charge in [0, 0.05) is 0 Å². The molecule has 1 aromatic carbocycles. The Morgan fingerprint density at radius 1 is 1.10 bits per heavy atom. The number of nitrogens with one attached hydrogen (secondary N) is 1. The maximum atomic E-state index is 13.2. The lowest BCUT2D eigenvalue weighted by Gasteiger charge is -2.08. The lowest BCUT2D eigenvalue weighted by atomic mass is 10.3. The zero-order chi connectivity index (χ0) is 14.8. The number of nitrogens with zero attached hydrogens (tertiary/aromatic N) is 2. The zero-order valence-electron chi connectivity index (χ0n) is 12.1. The number of rotatable bonds is 5. The van der Waals surface area contributed by atoms with Crippen LogP contribution >= 0.6 is 0 Å². The molecule has 0 fully saturated rings. The molecule has 0 bridgehead atoms. The quantitative estimate of drug-likeness (QED) is 0.850. The molecule has 0 radical (unpaired) electrons. The predicted octanol–water partition coefficient (Wildman–Crippen LogP) is 3.44. The van der Waals surface area contributed by atoms with Gasteiger partial charge in [-0.3, -0.25) is 0 Å². The summed E-state index contributed by atoms with van der Waals surface area (Å²) in [5, 5.41) is 10.9. The molecule has 0 saturated carbocycles. The van der Waals surface area contributed by atoms with Crippen molar-refractivity contribution in [3.63, 3.8) is 0 Å². The number of halogens is 1. The minimum atomic E-state index is -0.354. The summed E-state index contributed by atoms with van der Waals surface area (Å²) in [6.07, 6.45) is 0. The molecule has 2 aromatic rings. The number of benzene rings is 1. The fourth-order valence-corrected chi connectivity index (χ4v) is 1.40. The van der Waals surface area contributed by atoms with Gasteiger partial charge in [-0.25, -0.2) is 4.39 Å². The van der Waals surface area contributed by atoms with Crippen molar-refractivity contribution in [2.45, 2.75) is 20.8 Å².